The summed E-state index contributed by atoms with van der Waals surface area (Å²) in [6, 6.07) is 6.03. The van der Waals surface area contributed by atoms with Crippen molar-refractivity contribution < 1.29 is 4.79 Å². The minimum atomic E-state index is 0.0343. The second-order valence-electron chi connectivity index (χ2n) is 4.49. The van der Waals surface area contributed by atoms with Crippen LogP contribution in [-0.2, 0) is 4.79 Å². The van der Waals surface area contributed by atoms with Crippen molar-refractivity contribution in [2.24, 2.45) is 0 Å². The molecule has 1 fully saturated rings. The predicted octanol–water partition coefficient (Wildman–Crippen LogP) is 2.07. The van der Waals surface area contributed by atoms with E-state index in [4.69, 9.17) is 11.6 Å². The topological polar surface area (TPSA) is 45.2 Å². The van der Waals surface area contributed by atoms with Gasteiger partial charge in [0, 0.05) is 31.7 Å². The number of carbonyl (C=O) groups is 1. The Bertz CT molecular complexity index is 416. The third kappa shape index (κ3) is 2.93. The fraction of sp³-hybridized carbons (Fsp3) is 0.538. The molecule has 1 aliphatic rings. The Balaban J connectivity index is 1.98. The van der Waals surface area contributed by atoms with Crippen molar-refractivity contribution in [2.75, 3.05) is 31.3 Å². The van der Waals surface area contributed by atoms with E-state index in [1.807, 2.05) is 24.1 Å². The number of halogens is 1. The maximum absolute atomic E-state index is 11.5. The van der Waals surface area contributed by atoms with Gasteiger partial charge in [-0.2, -0.15) is 0 Å². The van der Waals surface area contributed by atoms with Gasteiger partial charge in [-0.15, -0.1) is 11.6 Å². The van der Waals surface area contributed by atoms with Crippen molar-refractivity contribution in [2.45, 2.75) is 18.8 Å². The molecule has 0 unspecified atom stereocenters. The first-order valence-electron chi connectivity index (χ1n) is 6.23. The molecule has 0 aliphatic carbocycles. The third-order valence-electron chi connectivity index (χ3n) is 3.41. The molecule has 98 valence electrons. The Kier molecular flexibility index (Phi) is 4.42. The van der Waals surface area contributed by atoms with Crippen LogP contribution in [0.25, 0.3) is 0 Å². The molecule has 0 atom stereocenters. The number of hydrogen-bond acceptors (Lipinski definition) is 3. The lowest BCUT2D eigenvalue weighted by molar-refractivity contribution is -0.129. The number of rotatable bonds is 3. The van der Waals surface area contributed by atoms with Crippen molar-refractivity contribution >= 4 is 23.3 Å². The van der Waals surface area contributed by atoms with Gasteiger partial charge in [0.05, 0.1) is 0 Å². The molecule has 0 bridgehead atoms. The quantitative estimate of drug-likeness (QED) is 0.853. The highest BCUT2D eigenvalue weighted by Crippen LogP contribution is 2.27. The van der Waals surface area contributed by atoms with Crippen LogP contribution in [-0.4, -0.2) is 41.8 Å². The van der Waals surface area contributed by atoms with Crippen LogP contribution in [0.15, 0.2) is 18.2 Å². The fourth-order valence-electron chi connectivity index (χ4n) is 2.33. The summed E-state index contributed by atoms with van der Waals surface area (Å²) in [6.07, 6.45) is 1.92. The highest BCUT2D eigenvalue weighted by molar-refractivity contribution is 6.27. The van der Waals surface area contributed by atoms with Crippen molar-refractivity contribution in [3.63, 3.8) is 0 Å². The lowest BCUT2D eigenvalue weighted by atomic mass is 9.93. The van der Waals surface area contributed by atoms with E-state index >= 15 is 0 Å². The summed E-state index contributed by atoms with van der Waals surface area (Å²) < 4.78 is 0. The van der Waals surface area contributed by atoms with Crippen LogP contribution < -0.4 is 5.32 Å². The number of nitrogens with one attached hydrogen (secondary N) is 1. The molecule has 0 radical (unpaired) electrons. The Morgan fingerprint density at radius 2 is 2.22 bits per heavy atom. The Labute approximate surface area is 112 Å². The van der Waals surface area contributed by atoms with Crippen molar-refractivity contribution in [1.82, 2.24) is 9.88 Å². The van der Waals surface area contributed by atoms with Gasteiger partial charge in [-0.1, -0.05) is 6.07 Å². The van der Waals surface area contributed by atoms with Gasteiger partial charge in [0.15, 0.2) is 0 Å². The number of nitrogens with zero attached hydrogens (tertiary/aromatic N) is 2. The van der Waals surface area contributed by atoms with Gasteiger partial charge in [-0.05, 0) is 25.0 Å². The summed E-state index contributed by atoms with van der Waals surface area (Å²) >= 11 is 5.57. The molecule has 4 nitrogen and oxygen atoms in total. The zero-order chi connectivity index (χ0) is 13.0. The first kappa shape index (κ1) is 13.1. The lowest BCUT2D eigenvalue weighted by Gasteiger charge is -2.31. The van der Waals surface area contributed by atoms with Gasteiger partial charge in [-0.25, -0.2) is 4.98 Å². The third-order valence-corrected chi connectivity index (χ3v) is 3.64. The highest BCUT2D eigenvalue weighted by atomic mass is 35.5. The average Bonchev–Trinajstić information content (AvgIpc) is 2.46. The molecule has 5 heteroatoms. The van der Waals surface area contributed by atoms with Crippen molar-refractivity contribution in [1.29, 1.82) is 0 Å². The molecule has 1 amide bonds. The van der Waals surface area contributed by atoms with Crippen LogP contribution in [0, 0.1) is 0 Å². The summed E-state index contributed by atoms with van der Waals surface area (Å²) in [7, 11) is 1.87. The minimum Gasteiger partial charge on any atom is -0.373 e. The zero-order valence-corrected chi connectivity index (χ0v) is 11.3. The molecule has 1 aromatic rings. The average molecular weight is 268 g/mol. The molecule has 1 N–H and O–H groups in total. The molecule has 18 heavy (non-hydrogen) atoms. The number of pyridine rings is 1. The van der Waals surface area contributed by atoms with Crippen LogP contribution >= 0.6 is 11.6 Å². The molecule has 1 saturated heterocycles. The molecular formula is C13H18ClN3O. The summed E-state index contributed by atoms with van der Waals surface area (Å²) in [5.74, 6) is 1.45. The molecule has 2 rings (SSSR count). The molecular weight excluding hydrogens is 250 g/mol. The minimum absolute atomic E-state index is 0.0343. The van der Waals surface area contributed by atoms with Gasteiger partial charge >= 0.3 is 0 Å². The van der Waals surface area contributed by atoms with Crippen molar-refractivity contribution in [3.05, 3.63) is 23.9 Å². The summed E-state index contributed by atoms with van der Waals surface area (Å²) in [4.78, 5) is 17.9. The Morgan fingerprint density at radius 3 is 2.83 bits per heavy atom. The van der Waals surface area contributed by atoms with E-state index in [1.54, 1.807) is 0 Å². The molecule has 1 aromatic heterocycles. The number of aromatic nitrogens is 1. The number of anilines is 1. The van der Waals surface area contributed by atoms with Crippen molar-refractivity contribution in [3.8, 4) is 0 Å². The smallest absolute Gasteiger partial charge is 0.237 e. The van der Waals surface area contributed by atoms with Gasteiger partial charge in [-0.3, -0.25) is 4.79 Å². The summed E-state index contributed by atoms with van der Waals surface area (Å²) in [6.45, 7) is 1.56. The zero-order valence-electron chi connectivity index (χ0n) is 10.5. The van der Waals surface area contributed by atoms with E-state index in [2.05, 4.69) is 16.4 Å². The van der Waals surface area contributed by atoms with Gasteiger partial charge in [0.1, 0.15) is 11.7 Å². The molecule has 0 aromatic carbocycles. The maximum Gasteiger partial charge on any atom is 0.237 e. The monoisotopic (exact) mass is 267 g/mol. The standard InChI is InChI=1S/C13H18ClN3O/c1-15-12-4-2-3-11(16-12)10-5-7-17(8-6-10)13(18)9-14/h2-4,10H,5-9H2,1H3,(H,15,16). The number of piperidine rings is 1. The van der Waals surface area contributed by atoms with Gasteiger partial charge in [0.25, 0.3) is 0 Å². The van der Waals surface area contributed by atoms with E-state index in [9.17, 15) is 4.79 Å². The Morgan fingerprint density at radius 1 is 1.50 bits per heavy atom. The number of amides is 1. The molecule has 0 saturated carbocycles. The second kappa shape index (κ2) is 6.05. The van der Waals surface area contributed by atoms with E-state index in [1.165, 1.54) is 0 Å². The van der Waals surface area contributed by atoms with Crippen LogP contribution in [0.2, 0.25) is 0 Å². The van der Waals surface area contributed by atoms with Crippen LogP contribution in [0.3, 0.4) is 0 Å². The predicted molar refractivity (Wildman–Crippen MR) is 73.1 cm³/mol. The number of alkyl halides is 1. The number of carbonyl (C=O) groups excluding carboxylic acids is 1. The second-order valence-corrected chi connectivity index (χ2v) is 4.75. The van der Waals surface area contributed by atoms with Crippen LogP contribution in [0.5, 0.6) is 0 Å². The Hall–Kier alpha value is -1.29. The maximum atomic E-state index is 11.5. The van der Waals surface area contributed by atoms with Gasteiger partial charge in [0.2, 0.25) is 5.91 Å². The first-order valence-corrected chi connectivity index (χ1v) is 6.76. The number of hydrogen-bond donors (Lipinski definition) is 1. The summed E-state index contributed by atoms with van der Waals surface area (Å²) in [5.41, 5.74) is 1.11. The van der Waals surface area contributed by atoms with E-state index < -0.39 is 0 Å². The SMILES string of the molecule is CNc1cccc(C2CCN(C(=O)CCl)CC2)n1. The van der Waals surface area contributed by atoms with Crippen LogP contribution in [0.1, 0.15) is 24.5 Å². The van der Waals surface area contributed by atoms with E-state index in [-0.39, 0.29) is 11.8 Å². The van der Waals surface area contributed by atoms with E-state index in [0.717, 1.165) is 37.4 Å². The van der Waals surface area contributed by atoms with Crippen LogP contribution in [0.4, 0.5) is 5.82 Å². The normalized spacial score (nSPS) is 16.7. The first-order chi connectivity index (χ1) is 8.74. The molecule has 0 spiro atoms. The largest absolute Gasteiger partial charge is 0.373 e. The summed E-state index contributed by atoms with van der Waals surface area (Å²) in [5, 5.41) is 3.05. The molecule has 1 aliphatic heterocycles. The fourth-order valence-corrected chi connectivity index (χ4v) is 2.50. The number of likely N-dealkylation sites (tertiary alicyclic amines) is 1. The molecule has 2 heterocycles. The van der Waals surface area contributed by atoms with E-state index in [0.29, 0.717) is 5.92 Å². The van der Waals surface area contributed by atoms with Gasteiger partial charge < -0.3 is 10.2 Å². The lowest BCUT2D eigenvalue weighted by Crippen LogP contribution is -2.38. The highest BCUT2D eigenvalue weighted by Gasteiger charge is 2.24.